The van der Waals surface area contributed by atoms with Gasteiger partial charge in [0.15, 0.2) is 11.9 Å². The minimum absolute atomic E-state index is 0.0532. The highest BCUT2D eigenvalue weighted by atomic mass is 16.5. The maximum atomic E-state index is 12.6. The number of nitrogens with one attached hydrogen (secondary N) is 1. The van der Waals surface area contributed by atoms with Crippen molar-refractivity contribution >= 4 is 17.6 Å². The molecule has 1 N–H and O–H groups in total. The molecule has 1 aromatic carbocycles. The molecule has 1 unspecified atom stereocenters. The molecule has 144 valence electrons. The summed E-state index contributed by atoms with van der Waals surface area (Å²) in [6.07, 6.45) is 0.673. The molecule has 27 heavy (non-hydrogen) atoms. The molecular weight excluding hydrogens is 346 g/mol. The summed E-state index contributed by atoms with van der Waals surface area (Å²) in [5, 5.41) is 6.54. The maximum Gasteiger partial charge on any atom is 0.263 e. The number of anilines is 1. The van der Waals surface area contributed by atoms with E-state index in [1.54, 1.807) is 24.8 Å². The first-order valence-corrected chi connectivity index (χ1v) is 9.18. The van der Waals surface area contributed by atoms with Gasteiger partial charge >= 0.3 is 0 Å². The third kappa shape index (κ3) is 4.87. The van der Waals surface area contributed by atoms with Gasteiger partial charge in [-0.3, -0.25) is 9.59 Å². The molecule has 3 rings (SSSR count). The van der Waals surface area contributed by atoms with Crippen molar-refractivity contribution in [3.8, 4) is 5.75 Å². The molecule has 0 saturated carbocycles. The van der Waals surface area contributed by atoms with E-state index in [1.807, 2.05) is 31.2 Å². The monoisotopic (exact) mass is 371 g/mol. The lowest BCUT2D eigenvalue weighted by Gasteiger charge is -2.32. The first-order valence-electron chi connectivity index (χ1n) is 9.18. The number of benzene rings is 1. The Bertz CT molecular complexity index is 809. The molecule has 7 heteroatoms. The Kier molecular flexibility index (Phi) is 5.78. The van der Waals surface area contributed by atoms with Gasteiger partial charge in [-0.2, -0.15) is 0 Å². The molecule has 1 aromatic heterocycles. The molecule has 0 spiro atoms. The van der Waals surface area contributed by atoms with Gasteiger partial charge in [0.25, 0.3) is 5.91 Å². The van der Waals surface area contributed by atoms with Gasteiger partial charge in [-0.15, -0.1) is 0 Å². The molecule has 1 fully saturated rings. The summed E-state index contributed by atoms with van der Waals surface area (Å²) >= 11 is 0. The SMILES string of the molecule is Cc1cccc(OC(C)C(=O)N2CCC(C(=O)Nc3cc(C)on3)CC2)c1. The first kappa shape index (κ1) is 18.9. The van der Waals surface area contributed by atoms with E-state index in [2.05, 4.69) is 10.5 Å². The second-order valence-electron chi connectivity index (χ2n) is 6.99. The second kappa shape index (κ2) is 8.24. The molecule has 2 aromatic rings. The summed E-state index contributed by atoms with van der Waals surface area (Å²) in [5.41, 5.74) is 1.08. The van der Waals surface area contributed by atoms with Gasteiger partial charge in [0.05, 0.1) is 0 Å². The second-order valence-corrected chi connectivity index (χ2v) is 6.99. The first-order chi connectivity index (χ1) is 12.9. The quantitative estimate of drug-likeness (QED) is 0.873. The summed E-state index contributed by atoms with van der Waals surface area (Å²) < 4.78 is 10.7. The van der Waals surface area contributed by atoms with Crippen LogP contribution in [0.3, 0.4) is 0 Å². The number of aromatic nitrogens is 1. The fourth-order valence-corrected chi connectivity index (χ4v) is 3.22. The predicted molar refractivity (Wildman–Crippen MR) is 100 cm³/mol. The van der Waals surface area contributed by atoms with Crippen LogP contribution in [0.4, 0.5) is 5.82 Å². The zero-order valence-corrected chi connectivity index (χ0v) is 15.9. The lowest BCUT2D eigenvalue weighted by Crippen LogP contribution is -2.46. The molecule has 0 radical (unpaired) electrons. The van der Waals surface area contributed by atoms with Crippen molar-refractivity contribution in [1.82, 2.24) is 10.1 Å². The van der Waals surface area contributed by atoms with Crippen LogP contribution >= 0.6 is 0 Å². The summed E-state index contributed by atoms with van der Waals surface area (Å²) in [6.45, 7) is 6.59. The molecule has 2 heterocycles. The van der Waals surface area contributed by atoms with Gasteiger partial charge in [0.1, 0.15) is 11.5 Å². The highest BCUT2D eigenvalue weighted by Gasteiger charge is 2.30. The molecule has 1 atom stereocenters. The molecule has 1 aliphatic heterocycles. The number of hydrogen-bond donors (Lipinski definition) is 1. The van der Waals surface area contributed by atoms with E-state index in [9.17, 15) is 9.59 Å². The third-order valence-corrected chi connectivity index (χ3v) is 4.71. The van der Waals surface area contributed by atoms with Crippen molar-refractivity contribution in [3.63, 3.8) is 0 Å². The Hall–Kier alpha value is -2.83. The number of hydrogen-bond acceptors (Lipinski definition) is 5. The Morgan fingerprint density at radius 3 is 2.63 bits per heavy atom. The van der Waals surface area contributed by atoms with Crippen LogP contribution in [0.1, 0.15) is 31.1 Å². The normalized spacial score (nSPS) is 16.0. The summed E-state index contributed by atoms with van der Waals surface area (Å²) in [7, 11) is 0. The van der Waals surface area contributed by atoms with Gasteiger partial charge < -0.3 is 19.5 Å². The largest absolute Gasteiger partial charge is 0.481 e. The van der Waals surface area contributed by atoms with Crippen molar-refractivity contribution in [2.75, 3.05) is 18.4 Å². The summed E-state index contributed by atoms with van der Waals surface area (Å²) in [6, 6.07) is 9.32. The van der Waals surface area contributed by atoms with E-state index in [0.29, 0.717) is 43.3 Å². The Morgan fingerprint density at radius 2 is 2.00 bits per heavy atom. The minimum Gasteiger partial charge on any atom is -0.481 e. The number of nitrogens with zero attached hydrogens (tertiary/aromatic N) is 2. The fraction of sp³-hybridized carbons (Fsp3) is 0.450. The van der Waals surface area contributed by atoms with Crippen LogP contribution < -0.4 is 10.1 Å². The topological polar surface area (TPSA) is 84.7 Å². The van der Waals surface area contributed by atoms with Crippen molar-refractivity contribution in [2.45, 2.75) is 39.7 Å². The lowest BCUT2D eigenvalue weighted by atomic mass is 9.95. The van der Waals surface area contributed by atoms with Crippen molar-refractivity contribution in [2.24, 2.45) is 5.92 Å². The lowest BCUT2D eigenvalue weighted by molar-refractivity contribution is -0.140. The van der Waals surface area contributed by atoms with Crippen molar-refractivity contribution in [1.29, 1.82) is 0 Å². The van der Waals surface area contributed by atoms with Gasteiger partial charge in [-0.05, 0) is 51.3 Å². The van der Waals surface area contributed by atoms with Crippen LogP contribution in [0.15, 0.2) is 34.9 Å². The van der Waals surface area contributed by atoms with Crippen LogP contribution in [-0.4, -0.2) is 41.1 Å². The van der Waals surface area contributed by atoms with E-state index >= 15 is 0 Å². The standard InChI is InChI=1S/C20H25N3O4/c1-13-5-4-6-17(11-13)26-15(3)20(25)23-9-7-16(8-10-23)19(24)21-18-12-14(2)27-22-18/h4-6,11-12,15-16H,7-10H2,1-3H3,(H,21,22,24). The molecule has 7 nitrogen and oxygen atoms in total. The van der Waals surface area contributed by atoms with E-state index in [1.165, 1.54) is 0 Å². The number of likely N-dealkylation sites (tertiary alicyclic amines) is 1. The van der Waals surface area contributed by atoms with E-state index < -0.39 is 6.10 Å². The van der Waals surface area contributed by atoms with E-state index in [-0.39, 0.29) is 17.7 Å². The number of carbonyl (C=O) groups excluding carboxylic acids is 2. The van der Waals surface area contributed by atoms with Crippen LogP contribution in [0.5, 0.6) is 5.75 Å². The number of amides is 2. The van der Waals surface area contributed by atoms with Gasteiger partial charge in [-0.25, -0.2) is 0 Å². The number of ether oxygens (including phenoxy) is 1. The molecular formula is C20H25N3O4. The molecule has 0 bridgehead atoms. The number of carbonyl (C=O) groups is 2. The number of piperidine rings is 1. The molecule has 2 amide bonds. The zero-order chi connectivity index (χ0) is 19.4. The van der Waals surface area contributed by atoms with Crippen LogP contribution in [0, 0.1) is 19.8 Å². The van der Waals surface area contributed by atoms with Crippen LogP contribution in [0.2, 0.25) is 0 Å². The fourth-order valence-electron chi connectivity index (χ4n) is 3.22. The van der Waals surface area contributed by atoms with E-state index in [0.717, 1.165) is 5.56 Å². The summed E-state index contributed by atoms with van der Waals surface area (Å²) in [5.74, 6) is 1.48. The Morgan fingerprint density at radius 1 is 1.26 bits per heavy atom. The number of rotatable bonds is 5. The van der Waals surface area contributed by atoms with Crippen molar-refractivity contribution < 1.29 is 18.8 Å². The third-order valence-electron chi connectivity index (χ3n) is 4.71. The number of aryl methyl sites for hydroxylation is 2. The smallest absolute Gasteiger partial charge is 0.263 e. The molecule has 1 aliphatic rings. The van der Waals surface area contributed by atoms with E-state index in [4.69, 9.17) is 9.26 Å². The predicted octanol–water partition coefficient (Wildman–Crippen LogP) is 2.94. The maximum absolute atomic E-state index is 12.6. The average molecular weight is 371 g/mol. The molecule has 0 aliphatic carbocycles. The highest BCUT2D eigenvalue weighted by molar-refractivity contribution is 5.92. The van der Waals surface area contributed by atoms with Crippen molar-refractivity contribution in [3.05, 3.63) is 41.7 Å². The average Bonchev–Trinajstić information content (AvgIpc) is 3.06. The van der Waals surface area contributed by atoms with Crippen LogP contribution in [-0.2, 0) is 9.59 Å². The summed E-state index contributed by atoms with van der Waals surface area (Å²) in [4.78, 5) is 26.7. The Balaban J connectivity index is 1.49. The van der Waals surface area contributed by atoms with Gasteiger partial charge in [0.2, 0.25) is 5.91 Å². The van der Waals surface area contributed by atoms with Gasteiger partial charge in [0, 0.05) is 25.1 Å². The Labute approximate surface area is 158 Å². The zero-order valence-electron chi connectivity index (χ0n) is 15.9. The van der Waals surface area contributed by atoms with Crippen LogP contribution in [0.25, 0.3) is 0 Å². The highest BCUT2D eigenvalue weighted by Crippen LogP contribution is 2.21. The molecule has 1 saturated heterocycles. The van der Waals surface area contributed by atoms with Gasteiger partial charge in [-0.1, -0.05) is 17.3 Å². The minimum atomic E-state index is -0.560.